The number of ether oxygens (including phenoxy) is 2. The standard InChI is InChI=1S/C17H17F4NO5/c1-3-26-12(23)5-6-22-8-10(17(25)27-4-2)16(24)9-7-11(18)14(20)15(21)13(9)19/h7-8,24H,3-6H2,1-2H3/b16-10+,22-8?. The normalized spacial score (nSPS) is 12.1. The molecule has 0 radical (unpaired) electrons. The van der Waals surface area contributed by atoms with Crippen LogP contribution in [0.3, 0.4) is 0 Å². The van der Waals surface area contributed by atoms with Crippen molar-refractivity contribution in [2.24, 2.45) is 4.99 Å². The molecule has 1 N–H and O–H groups in total. The molecule has 10 heteroatoms. The Morgan fingerprint density at radius 2 is 1.70 bits per heavy atom. The summed E-state index contributed by atoms with van der Waals surface area (Å²) in [6, 6.07) is 0.189. The molecule has 0 aliphatic heterocycles. The second-order valence-corrected chi connectivity index (χ2v) is 4.92. The van der Waals surface area contributed by atoms with Crippen LogP contribution in [0.2, 0.25) is 0 Å². The Labute approximate surface area is 152 Å². The topological polar surface area (TPSA) is 85.2 Å². The van der Waals surface area contributed by atoms with Gasteiger partial charge in [-0.3, -0.25) is 9.79 Å². The molecule has 0 atom stereocenters. The minimum Gasteiger partial charge on any atom is -0.506 e. The van der Waals surface area contributed by atoms with E-state index in [1.165, 1.54) is 6.92 Å². The van der Waals surface area contributed by atoms with Crippen molar-refractivity contribution in [2.45, 2.75) is 20.3 Å². The third-order valence-electron chi connectivity index (χ3n) is 3.08. The van der Waals surface area contributed by atoms with Gasteiger partial charge in [-0.05, 0) is 19.9 Å². The Balaban J connectivity index is 3.26. The van der Waals surface area contributed by atoms with Gasteiger partial charge in [0.05, 0.1) is 25.2 Å². The average molecular weight is 391 g/mol. The van der Waals surface area contributed by atoms with Crippen molar-refractivity contribution >= 4 is 23.9 Å². The number of carbonyl (C=O) groups is 2. The number of esters is 2. The van der Waals surface area contributed by atoms with Crippen molar-refractivity contribution in [1.82, 2.24) is 0 Å². The quantitative estimate of drug-likeness (QED) is 0.140. The molecular formula is C17H17F4NO5. The summed E-state index contributed by atoms with van der Waals surface area (Å²) in [6.45, 7) is 2.95. The largest absolute Gasteiger partial charge is 0.506 e. The molecule has 0 saturated carbocycles. The SMILES string of the molecule is CCOC(=O)CCN=C/C(C(=O)OCC)=C(\O)c1cc(F)c(F)c(F)c1F. The molecule has 1 aromatic rings. The van der Waals surface area contributed by atoms with Crippen molar-refractivity contribution in [2.75, 3.05) is 19.8 Å². The minimum atomic E-state index is -2.15. The van der Waals surface area contributed by atoms with Gasteiger partial charge in [-0.2, -0.15) is 0 Å². The lowest BCUT2D eigenvalue weighted by Crippen LogP contribution is -2.13. The first kappa shape index (κ1) is 22.1. The van der Waals surface area contributed by atoms with Crippen LogP contribution in [0, 0.1) is 23.3 Å². The zero-order chi connectivity index (χ0) is 20.6. The molecule has 0 aliphatic carbocycles. The van der Waals surface area contributed by atoms with Crippen LogP contribution in [0.5, 0.6) is 0 Å². The Morgan fingerprint density at radius 3 is 2.30 bits per heavy atom. The highest BCUT2D eigenvalue weighted by Gasteiger charge is 2.25. The molecule has 0 bridgehead atoms. The van der Waals surface area contributed by atoms with Gasteiger partial charge in [0.15, 0.2) is 23.3 Å². The number of hydrogen-bond acceptors (Lipinski definition) is 6. The van der Waals surface area contributed by atoms with Crippen LogP contribution in [0.15, 0.2) is 16.6 Å². The van der Waals surface area contributed by atoms with Gasteiger partial charge >= 0.3 is 11.9 Å². The number of hydrogen-bond donors (Lipinski definition) is 1. The fraction of sp³-hybridized carbons (Fsp3) is 0.353. The molecule has 6 nitrogen and oxygen atoms in total. The smallest absolute Gasteiger partial charge is 0.343 e. The van der Waals surface area contributed by atoms with Crippen LogP contribution in [-0.4, -0.2) is 43.0 Å². The van der Waals surface area contributed by atoms with Crippen molar-refractivity contribution in [3.8, 4) is 0 Å². The number of halogens is 4. The van der Waals surface area contributed by atoms with E-state index in [9.17, 15) is 32.3 Å². The fourth-order valence-electron chi connectivity index (χ4n) is 1.85. The van der Waals surface area contributed by atoms with E-state index in [0.29, 0.717) is 0 Å². The van der Waals surface area contributed by atoms with Crippen LogP contribution in [0.4, 0.5) is 17.6 Å². The van der Waals surface area contributed by atoms with Gasteiger partial charge in [0.25, 0.3) is 0 Å². The molecule has 1 aromatic carbocycles. The predicted octanol–water partition coefficient (Wildman–Crippen LogP) is 3.10. The van der Waals surface area contributed by atoms with Gasteiger partial charge in [-0.15, -0.1) is 0 Å². The first-order chi connectivity index (χ1) is 12.7. The lowest BCUT2D eigenvalue weighted by Gasteiger charge is -2.09. The highest BCUT2D eigenvalue weighted by Crippen LogP contribution is 2.25. The predicted molar refractivity (Wildman–Crippen MR) is 87.1 cm³/mol. The van der Waals surface area contributed by atoms with Crippen molar-refractivity contribution in [3.63, 3.8) is 0 Å². The summed E-state index contributed by atoms with van der Waals surface area (Å²) in [5, 5.41) is 10.1. The van der Waals surface area contributed by atoms with Crippen LogP contribution < -0.4 is 0 Å². The first-order valence-electron chi connectivity index (χ1n) is 7.83. The van der Waals surface area contributed by atoms with E-state index >= 15 is 0 Å². The highest BCUT2D eigenvalue weighted by atomic mass is 19.2. The van der Waals surface area contributed by atoms with E-state index in [-0.39, 0.29) is 32.2 Å². The number of nitrogens with zero attached hydrogens (tertiary/aromatic N) is 1. The van der Waals surface area contributed by atoms with E-state index in [0.717, 1.165) is 6.21 Å². The lowest BCUT2D eigenvalue weighted by molar-refractivity contribution is -0.142. The summed E-state index contributed by atoms with van der Waals surface area (Å²) in [7, 11) is 0. The van der Waals surface area contributed by atoms with Gasteiger partial charge in [-0.25, -0.2) is 22.4 Å². The van der Waals surface area contributed by atoms with Gasteiger partial charge < -0.3 is 14.6 Å². The van der Waals surface area contributed by atoms with Gasteiger partial charge in [-0.1, -0.05) is 0 Å². The number of aliphatic imine (C=N–C) groups is 1. The van der Waals surface area contributed by atoms with Crippen molar-refractivity contribution in [3.05, 3.63) is 40.5 Å². The van der Waals surface area contributed by atoms with Crippen LogP contribution in [0.25, 0.3) is 5.76 Å². The molecule has 0 fully saturated rings. The molecule has 0 heterocycles. The minimum absolute atomic E-state index is 0.124. The second-order valence-electron chi connectivity index (χ2n) is 4.92. The number of rotatable bonds is 8. The van der Waals surface area contributed by atoms with E-state index in [1.54, 1.807) is 6.92 Å². The Bertz CT molecular complexity index is 777. The summed E-state index contributed by atoms with van der Waals surface area (Å²) in [6.07, 6.45) is 0.612. The molecule has 0 aromatic heterocycles. The maximum absolute atomic E-state index is 13.8. The van der Waals surface area contributed by atoms with Crippen LogP contribution in [-0.2, 0) is 19.1 Å². The molecule has 1 rings (SSSR count). The van der Waals surface area contributed by atoms with Crippen LogP contribution >= 0.6 is 0 Å². The summed E-state index contributed by atoms with van der Waals surface area (Å²) in [5.74, 6) is -10.8. The third kappa shape index (κ3) is 5.80. The summed E-state index contributed by atoms with van der Waals surface area (Å²) in [4.78, 5) is 26.9. The monoisotopic (exact) mass is 391 g/mol. The molecule has 0 unspecified atom stereocenters. The number of aliphatic hydroxyl groups excluding tert-OH is 1. The van der Waals surface area contributed by atoms with Crippen LogP contribution in [0.1, 0.15) is 25.8 Å². The zero-order valence-electron chi connectivity index (χ0n) is 14.5. The molecular weight excluding hydrogens is 374 g/mol. The Kier molecular flexibility index (Phi) is 8.43. The molecule has 0 amide bonds. The highest BCUT2D eigenvalue weighted by molar-refractivity contribution is 6.15. The molecule has 27 heavy (non-hydrogen) atoms. The number of carbonyl (C=O) groups excluding carboxylic acids is 2. The Hall–Kier alpha value is -2.91. The maximum atomic E-state index is 13.8. The molecule has 0 aliphatic rings. The summed E-state index contributed by atoms with van der Waals surface area (Å²) >= 11 is 0. The first-order valence-corrected chi connectivity index (χ1v) is 7.83. The summed E-state index contributed by atoms with van der Waals surface area (Å²) in [5.41, 5.74) is -1.82. The maximum Gasteiger partial charge on any atom is 0.343 e. The number of benzene rings is 1. The Morgan fingerprint density at radius 1 is 1.07 bits per heavy atom. The molecule has 0 saturated heterocycles. The van der Waals surface area contributed by atoms with Gasteiger partial charge in [0.2, 0.25) is 0 Å². The molecule has 148 valence electrons. The number of aliphatic hydroxyl groups is 1. The van der Waals surface area contributed by atoms with Gasteiger partial charge in [0, 0.05) is 12.8 Å². The average Bonchev–Trinajstić information content (AvgIpc) is 2.62. The van der Waals surface area contributed by atoms with E-state index in [1.807, 2.05) is 0 Å². The van der Waals surface area contributed by atoms with E-state index in [2.05, 4.69) is 14.5 Å². The van der Waals surface area contributed by atoms with E-state index < -0.39 is 52.1 Å². The van der Waals surface area contributed by atoms with Crippen molar-refractivity contribution in [1.29, 1.82) is 0 Å². The molecule has 0 spiro atoms. The fourth-order valence-corrected chi connectivity index (χ4v) is 1.85. The van der Waals surface area contributed by atoms with Crippen molar-refractivity contribution < 1.29 is 41.7 Å². The van der Waals surface area contributed by atoms with E-state index in [4.69, 9.17) is 0 Å². The summed E-state index contributed by atoms with van der Waals surface area (Å²) < 4.78 is 62.9. The second kappa shape index (κ2) is 10.3. The lowest BCUT2D eigenvalue weighted by atomic mass is 10.1. The third-order valence-corrected chi connectivity index (χ3v) is 3.08. The van der Waals surface area contributed by atoms with Gasteiger partial charge in [0.1, 0.15) is 11.3 Å². The zero-order valence-corrected chi connectivity index (χ0v) is 14.5.